The molecule has 0 spiro atoms. The van der Waals surface area contributed by atoms with Crippen LogP contribution in [-0.4, -0.2) is 103 Å². The zero-order chi connectivity index (χ0) is 63.1. The van der Waals surface area contributed by atoms with E-state index in [2.05, 4.69) is 90.3 Å². The zero-order valence-electron chi connectivity index (χ0n) is 54.2. The lowest BCUT2D eigenvalue weighted by molar-refractivity contribution is -0.203. The van der Waals surface area contributed by atoms with Crippen molar-refractivity contribution in [3.05, 3.63) is 167 Å². The van der Waals surface area contributed by atoms with E-state index < -0.39 is 76.6 Å². The number of rotatable bonds is 29. The number of cyclic esters (lactones) is 1. The number of unbranched alkanes of at least 4 members (excludes halogenated alkanes) is 1. The number of carbonyl (C=O) groups is 4. The Labute approximate surface area is 514 Å². The molecule has 4 aromatic carbocycles. The Bertz CT molecular complexity index is 3030. The van der Waals surface area contributed by atoms with Gasteiger partial charge in [-0.1, -0.05) is 165 Å². The van der Waals surface area contributed by atoms with Crippen molar-refractivity contribution in [3.63, 3.8) is 0 Å². The van der Waals surface area contributed by atoms with Crippen LogP contribution in [0, 0.1) is 5.92 Å². The molecule has 4 aromatic rings. The standard InChI is InChI=1S/C70H96N2O12Si2/c1-18-86(19-2,20-3)84-60(40-30-32-48(6)58(77-14)39-29-24-31-49(7)61-45-63(73)82-70(11,12)81-61)65(51-33-22-21-23-34-51)80-67(75)64(47(4)5)71-66(74)57(43-50-41-42-59(62(44-50)78-15)83-85(16,17)69(8,9)10)72(13)68(76)79-46-56-54-37-27-25-35-52(54)53-36-26-28-38-55(53)56/h21-23,25-28,30-38,40-42,44-45,47,56-58,60,64-65H,18-20,24,29,39,43,46H2,1-17H3,(H,71,74)/b40-30+,48-32+,49-31+/t57-,58+,60+,64-,65+/m0/s1. The van der Waals surface area contributed by atoms with Crippen LogP contribution in [-0.2, 0) is 48.9 Å². The van der Waals surface area contributed by atoms with Crippen LogP contribution in [0.3, 0.4) is 0 Å². The molecule has 0 saturated heterocycles. The fraction of sp³-hybridized carbons (Fsp3) is 0.486. The van der Waals surface area contributed by atoms with E-state index in [1.807, 2.05) is 119 Å². The second-order valence-corrected chi connectivity index (χ2v) is 34.5. The Morgan fingerprint density at radius 2 is 1.45 bits per heavy atom. The highest BCUT2D eigenvalue weighted by Gasteiger charge is 2.42. The minimum atomic E-state index is -2.39. The van der Waals surface area contributed by atoms with Gasteiger partial charge < -0.3 is 42.6 Å². The molecule has 0 saturated carbocycles. The maximum Gasteiger partial charge on any atom is 0.410 e. The number of methoxy groups -OCH3 is 2. The van der Waals surface area contributed by atoms with Crippen LogP contribution in [0.5, 0.6) is 11.5 Å². The monoisotopic (exact) mass is 1210 g/mol. The number of nitrogens with one attached hydrogen (secondary N) is 1. The molecular formula is C70H96N2O12Si2. The van der Waals surface area contributed by atoms with Crippen LogP contribution in [0.15, 0.2) is 144 Å². The van der Waals surface area contributed by atoms with Crippen molar-refractivity contribution in [1.82, 2.24) is 10.2 Å². The number of ether oxygens (including phenoxy) is 6. The normalized spacial score (nSPS) is 16.4. The Morgan fingerprint density at radius 3 is 2.02 bits per heavy atom. The highest BCUT2D eigenvalue weighted by Crippen LogP contribution is 2.45. The van der Waals surface area contributed by atoms with Gasteiger partial charge in [0.05, 0.1) is 19.3 Å². The number of esters is 2. The number of nitrogens with zero attached hydrogens (tertiary/aromatic N) is 1. The van der Waals surface area contributed by atoms with E-state index in [-0.39, 0.29) is 30.1 Å². The molecule has 0 unspecified atom stereocenters. The summed E-state index contributed by atoms with van der Waals surface area (Å²) in [5.74, 6) is -1.73. The van der Waals surface area contributed by atoms with Gasteiger partial charge in [-0.15, -0.1) is 0 Å². The van der Waals surface area contributed by atoms with Gasteiger partial charge in [0, 0.05) is 40.3 Å². The van der Waals surface area contributed by atoms with E-state index in [9.17, 15) is 9.59 Å². The first kappa shape index (κ1) is 68.4. The van der Waals surface area contributed by atoms with E-state index in [0.717, 1.165) is 76.4 Å². The second kappa shape index (κ2) is 30.3. The SMILES string of the molecule is CC[Si](CC)(CC)O[C@H](/C=C/C=C(\C)[C@@H](CCC/C=C(\C)C1=CC(=O)OC(C)(C)O1)OC)[C@H](OC(=O)[C@@H](NC(=O)[C@H](Cc1ccc(O[Si](C)(C)C(C)(C)C)c(OC)c1)N(C)C(=O)OCC1c2ccccc2-c2ccccc21)C(C)C)c1ccccc1. The summed E-state index contributed by atoms with van der Waals surface area (Å²) in [4.78, 5) is 58.3. The van der Waals surface area contributed by atoms with Crippen LogP contribution >= 0.6 is 0 Å². The molecule has 466 valence electrons. The molecular weight excluding hydrogens is 1120 g/mol. The van der Waals surface area contributed by atoms with Gasteiger partial charge in [-0.3, -0.25) is 9.69 Å². The first-order valence-corrected chi connectivity index (χ1v) is 36.0. The molecule has 16 heteroatoms. The Kier molecular flexibility index (Phi) is 24.1. The number of carbonyl (C=O) groups excluding carboxylic acids is 4. The number of amides is 2. The van der Waals surface area contributed by atoms with Crippen LogP contribution in [0.2, 0.25) is 36.3 Å². The van der Waals surface area contributed by atoms with Crippen molar-refractivity contribution in [3.8, 4) is 22.6 Å². The summed E-state index contributed by atoms with van der Waals surface area (Å²) in [6.45, 7) is 28.5. The van der Waals surface area contributed by atoms with E-state index in [1.165, 1.54) is 11.0 Å². The predicted octanol–water partition coefficient (Wildman–Crippen LogP) is 15.5. The van der Waals surface area contributed by atoms with Crippen LogP contribution in [0.4, 0.5) is 4.79 Å². The molecule has 5 atom stereocenters. The molecule has 6 rings (SSSR count). The number of allylic oxidation sites excluding steroid dienone is 4. The largest absolute Gasteiger partial charge is 0.541 e. The summed E-state index contributed by atoms with van der Waals surface area (Å²) < 4.78 is 49.9. The van der Waals surface area contributed by atoms with E-state index in [1.54, 1.807) is 35.1 Å². The lowest BCUT2D eigenvalue weighted by atomic mass is 9.98. The Balaban J connectivity index is 1.28. The molecule has 1 aliphatic carbocycles. The molecule has 0 aromatic heterocycles. The number of benzene rings is 4. The van der Waals surface area contributed by atoms with Crippen molar-refractivity contribution >= 4 is 40.6 Å². The maximum atomic E-state index is 15.2. The Hall–Kier alpha value is -6.73. The lowest BCUT2D eigenvalue weighted by Crippen LogP contribution is -2.55. The quantitative estimate of drug-likeness (QED) is 0.0181. The van der Waals surface area contributed by atoms with Gasteiger partial charge in [-0.25, -0.2) is 14.4 Å². The van der Waals surface area contributed by atoms with Crippen molar-refractivity contribution < 1.29 is 56.5 Å². The number of likely N-dealkylation sites (N-methyl/N-ethyl adjacent to an activating group) is 1. The summed E-state index contributed by atoms with van der Waals surface area (Å²) in [6.07, 6.45) is 9.24. The third-order valence-corrected chi connectivity index (χ3v) is 26.3. The summed E-state index contributed by atoms with van der Waals surface area (Å²) in [7, 11) is 0.177. The minimum absolute atomic E-state index is 0.0488. The van der Waals surface area contributed by atoms with Crippen molar-refractivity contribution in [1.29, 1.82) is 0 Å². The predicted molar refractivity (Wildman–Crippen MR) is 346 cm³/mol. The van der Waals surface area contributed by atoms with Gasteiger partial charge in [0.1, 0.15) is 36.3 Å². The smallest absolute Gasteiger partial charge is 0.410 e. The van der Waals surface area contributed by atoms with Gasteiger partial charge in [-0.2, -0.15) is 0 Å². The topological polar surface area (TPSA) is 157 Å². The first-order chi connectivity index (χ1) is 40.7. The molecule has 14 nitrogen and oxygen atoms in total. The minimum Gasteiger partial charge on any atom is -0.541 e. The lowest BCUT2D eigenvalue weighted by Gasteiger charge is -2.37. The molecule has 2 aliphatic rings. The average molecular weight is 1210 g/mol. The van der Waals surface area contributed by atoms with Crippen molar-refractivity contribution in [2.24, 2.45) is 5.92 Å². The summed E-state index contributed by atoms with van der Waals surface area (Å²) in [5, 5.41) is 2.99. The van der Waals surface area contributed by atoms with Crippen LogP contribution < -0.4 is 14.5 Å². The highest BCUT2D eigenvalue weighted by atomic mass is 28.4. The fourth-order valence-corrected chi connectivity index (χ4v) is 14.6. The molecule has 0 fully saturated rings. The van der Waals surface area contributed by atoms with E-state index in [4.69, 9.17) is 37.3 Å². The summed E-state index contributed by atoms with van der Waals surface area (Å²) >= 11 is 0. The number of fused-ring (bicyclic) bond motifs is 3. The number of hydrogen-bond acceptors (Lipinski definition) is 12. The van der Waals surface area contributed by atoms with Gasteiger partial charge >= 0.3 is 18.0 Å². The van der Waals surface area contributed by atoms with E-state index >= 15 is 9.59 Å². The summed E-state index contributed by atoms with van der Waals surface area (Å²) in [6, 6.07) is 31.7. The van der Waals surface area contributed by atoms with Gasteiger partial charge in [-0.05, 0) is 132 Å². The second-order valence-electron chi connectivity index (χ2n) is 25.1. The molecule has 2 amide bonds. The number of hydrogen-bond donors (Lipinski definition) is 1. The van der Waals surface area contributed by atoms with Gasteiger partial charge in [0.15, 0.2) is 20.2 Å². The molecule has 86 heavy (non-hydrogen) atoms. The van der Waals surface area contributed by atoms with E-state index in [0.29, 0.717) is 22.8 Å². The molecule has 0 bridgehead atoms. The molecule has 0 radical (unpaired) electrons. The van der Waals surface area contributed by atoms with Crippen molar-refractivity contribution in [2.45, 2.75) is 187 Å². The van der Waals surface area contributed by atoms with Crippen LogP contribution in [0.25, 0.3) is 11.1 Å². The highest BCUT2D eigenvalue weighted by molar-refractivity contribution is 6.75. The summed E-state index contributed by atoms with van der Waals surface area (Å²) in [5.41, 5.74) is 7.61. The first-order valence-electron chi connectivity index (χ1n) is 30.6. The molecule has 1 N–H and O–H groups in total. The zero-order valence-corrected chi connectivity index (χ0v) is 56.2. The van der Waals surface area contributed by atoms with Crippen molar-refractivity contribution in [2.75, 3.05) is 27.9 Å². The van der Waals surface area contributed by atoms with Gasteiger partial charge in [0.2, 0.25) is 11.7 Å². The Morgan fingerprint density at radius 1 is 0.837 bits per heavy atom. The van der Waals surface area contributed by atoms with Crippen LogP contribution in [0.1, 0.15) is 137 Å². The molecule has 1 heterocycles. The average Bonchev–Trinajstić information content (AvgIpc) is 1.90. The van der Waals surface area contributed by atoms with Gasteiger partial charge in [0.25, 0.3) is 8.32 Å². The molecule has 1 aliphatic heterocycles. The third-order valence-electron chi connectivity index (χ3n) is 17.3. The maximum absolute atomic E-state index is 15.2. The third kappa shape index (κ3) is 17.5. The fourth-order valence-electron chi connectivity index (χ4n) is 10.8.